The van der Waals surface area contributed by atoms with Crippen LogP contribution in [-0.2, 0) is 6.42 Å². The maximum Gasteiger partial charge on any atom is 0.0320 e. The van der Waals surface area contributed by atoms with E-state index in [1.54, 1.807) is 0 Å². The first-order valence-corrected chi connectivity index (χ1v) is 8.15. The Morgan fingerprint density at radius 2 is 2.00 bits per heavy atom. The van der Waals surface area contributed by atoms with Crippen LogP contribution < -0.4 is 5.32 Å². The minimum Gasteiger partial charge on any atom is -0.310 e. The molecular formula is C18H29N. The quantitative estimate of drug-likeness (QED) is 0.736. The molecule has 1 aliphatic rings. The zero-order valence-corrected chi connectivity index (χ0v) is 12.6. The third-order valence-corrected chi connectivity index (χ3v) is 4.55. The van der Waals surface area contributed by atoms with E-state index in [0.29, 0.717) is 6.04 Å². The molecule has 1 saturated carbocycles. The second-order valence-corrected chi connectivity index (χ2v) is 5.94. The summed E-state index contributed by atoms with van der Waals surface area (Å²) in [6.45, 7) is 5.51. The molecule has 19 heavy (non-hydrogen) atoms. The Morgan fingerprint density at radius 3 is 2.68 bits per heavy atom. The van der Waals surface area contributed by atoms with E-state index in [0.717, 1.165) is 18.9 Å². The molecule has 1 unspecified atom stereocenters. The first kappa shape index (κ1) is 14.6. The van der Waals surface area contributed by atoms with E-state index in [1.165, 1.54) is 49.7 Å². The molecule has 0 spiro atoms. The highest BCUT2D eigenvalue weighted by atomic mass is 14.9. The molecule has 0 heterocycles. The highest BCUT2D eigenvalue weighted by molar-refractivity contribution is 5.26. The Morgan fingerprint density at radius 1 is 1.21 bits per heavy atom. The van der Waals surface area contributed by atoms with E-state index in [9.17, 15) is 0 Å². The fourth-order valence-corrected chi connectivity index (χ4v) is 3.36. The van der Waals surface area contributed by atoms with Gasteiger partial charge < -0.3 is 5.32 Å². The molecule has 0 amide bonds. The molecule has 1 aliphatic carbocycles. The van der Waals surface area contributed by atoms with Gasteiger partial charge in [-0.3, -0.25) is 0 Å². The molecule has 1 atom stereocenters. The topological polar surface area (TPSA) is 12.0 Å². The first-order chi connectivity index (χ1) is 9.33. The number of hydrogen-bond acceptors (Lipinski definition) is 1. The van der Waals surface area contributed by atoms with Gasteiger partial charge in [0.2, 0.25) is 0 Å². The number of benzene rings is 1. The average molecular weight is 259 g/mol. The van der Waals surface area contributed by atoms with Crippen LogP contribution in [0.2, 0.25) is 0 Å². The van der Waals surface area contributed by atoms with E-state index in [4.69, 9.17) is 0 Å². The van der Waals surface area contributed by atoms with Crippen molar-refractivity contribution < 1.29 is 0 Å². The van der Waals surface area contributed by atoms with Crippen molar-refractivity contribution in [3.8, 4) is 0 Å². The SMILES string of the molecule is CCNC(CCC1CCCC1)c1cccc(CC)c1. The molecule has 1 aromatic rings. The van der Waals surface area contributed by atoms with Gasteiger partial charge in [0, 0.05) is 6.04 Å². The van der Waals surface area contributed by atoms with Crippen molar-refractivity contribution in [2.24, 2.45) is 5.92 Å². The number of rotatable bonds is 7. The fraction of sp³-hybridized carbons (Fsp3) is 0.667. The van der Waals surface area contributed by atoms with Crippen LogP contribution in [0.4, 0.5) is 0 Å². The first-order valence-electron chi connectivity index (χ1n) is 8.15. The van der Waals surface area contributed by atoms with E-state index < -0.39 is 0 Å². The second-order valence-electron chi connectivity index (χ2n) is 5.94. The molecule has 0 bridgehead atoms. The van der Waals surface area contributed by atoms with E-state index >= 15 is 0 Å². The van der Waals surface area contributed by atoms with Gasteiger partial charge in [0.1, 0.15) is 0 Å². The van der Waals surface area contributed by atoms with E-state index in [-0.39, 0.29) is 0 Å². The summed E-state index contributed by atoms with van der Waals surface area (Å²) in [7, 11) is 0. The van der Waals surface area contributed by atoms with Crippen LogP contribution in [0.5, 0.6) is 0 Å². The molecule has 0 aromatic heterocycles. The molecule has 1 nitrogen and oxygen atoms in total. The maximum absolute atomic E-state index is 3.67. The Hall–Kier alpha value is -0.820. The third-order valence-electron chi connectivity index (χ3n) is 4.55. The molecule has 1 aromatic carbocycles. The molecule has 0 aliphatic heterocycles. The van der Waals surface area contributed by atoms with Crippen molar-refractivity contribution in [1.29, 1.82) is 0 Å². The lowest BCUT2D eigenvalue weighted by Crippen LogP contribution is -2.21. The van der Waals surface area contributed by atoms with Gasteiger partial charge in [-0.1, -0.05) is 63.8 Å². The number of nitrogens with one attached hydrogen (secondary N) is 1. The largest absolute Gasteiger partial charge is 0.310 e. The Bertz CT molecular complexity index is 366. The van der Waals surface area contributed by atoms with Gasteiger partial charge in [-0.25, -0.2) is 0 Å². The summed E-state index contributed by atoms with van der Waals surface area (Å²) in [5, 5.41) is 3.67. The second kappa shape index (κ2) is 7.69. The summed E-state index contributed by atoms with van der Waals surface area (Å²) >= 11 is 0. The number of aryl methyl sites for hydroxylation is 1. The molecule has 1 heteroatoms. The highest BCUT2D eigenvalue weighted by Gasteiger charge is 2.18. The van der Waals surface area contributed by atoms with Crippen LogP contribution in [0, 0.1) is 5.92 Å². The van der Waals surface area contributed by atoms with Gasteiger partial charge in [0.15, 0.2) is 0 Å². The molecule has 1 fully saturated rings. The van der Waals surface area contributed by atoms with Crippen LogP contribution in [0.1, 0.15) is 69.5 Å². The molecule has 1 N–H and O–H groups in total. The van der Waals surface area contributed by atoms with Gasteiger partial charge in [0.25, 0.3) is 0 Å². The highest BCUT2D eigenvalue weighted by Crippen LogP contribution is 2.31. The predicted molar refractivity (Wildman–Crippen MR) is 83.4 cm³/mol. The fourth-order valence-electron chi connectivity index (χ4n) is 3.36. The Kier molecular flexibility index (Phi) is 5.91. The summed E-state index contributed by atoms with van der Waals surface area (Å²) in [4.78, 5) is 0. The lowest BCUT2D eigenvalue weighted by atomic mass is 9.93. The molecule has 0 saturated heterocycles. The third kappa shape index (κ3) is 4.35. The van der Waals surface area contributed by atoms with Crippen molar-refractivity contribution in [3.05, 3.63) is 35.4 Å². The number of hydrogen-bond donors (Lipinski definition) is 1. The average Bonchev–Trinajstić information content (AvgIpc) is 2.97. The molecule has 2 rings (SSSR count). The van der Waals surface area contributed by atoms with Crippen molar-refractivity contribution in [2.75, 3.05) is 6.54 Å². The Balaban J connectivity index is 1.96. The van der Waals surface area contributed by atoms with Gasteiger partial charge in [-0.2, -0.15) is 0 Å². The van der Waals surface area contributed by atoms with Gasteiger partial charge in [0.05, 0.1) is 0 Å². The lowest BCUT2D eigenvalue weighted by molar-refractivity contribution is 0.416. The summed E-state index contributed by atoms with van der Waals surface area (Å²) in [5.41, 5.74) is 2.94. The summed E-state index contributed by atoms with van der Waals surface area (Å²) in [6, 6.07) is 9.69. The van der Waals surface area contributed by atoms with Crippen molar-refractivity contribution in [3.63, 3.8) is 0 Å². The van der Waals surface area contributed by atoms with Crippen molar-refractivity contribution in [2.45, 2.75) is 64.8 Å². The normalized spacial score (nSPS) is 17.8. The van der Waals surface area contributed by atoms with Crippen LogP contribution in [0.15, 0.2) is 24.3 Å². The minimum atomic E-state index is 0.553. The smallest absolute Gasteiger partial charge is 0.0320 e. The zero-order valence-electron chi connectivity index (χ0n) is 12.6. The molecule has 0 radical (unpaired) electrons. The zero-order chi connectivity index (χ0) is 13.5. The van der Waals surface area contributed by atoms with Crippen molar-refractivity contribution in [1.82, 2.24) is 5.32 Å². The predicted octanol–water partition coefficient (Wildman–Crippen LogP) is 4.87. The summed E-state index contributed by atoms with van der Waals surface area (Å²) in [5.74, 6) is 0.996. The van der Waals surface area contributed by atoms with Crippen LogP contribution >= 0.6 is 0 Å². The summed E-state index contributed by atoms with van der Waals surface area (Å²) < 4.78 is 0. The standard InChI is InChI=1S/C18H29N/c1-3-15-10-7-11-17(14-15)18(19-4-2)13-12-16-8-5-6-9-16/h7,10-11,14,16,18-19H,3-6,8-9,12-13H2,1-2H3. The molecule has 106 valence electrons. The van der Waals surface area contributed by atoms with Crippen molar-refractivity contribution >= 4 is 0 Å². The van der Waals surface area contributed by atoms with Crippen LogP contribution in [-0.4, -0.2) is 6.54 Å². The van der Waals surface area contributed by atoms with Gasteiger partial charge >= 0.3 is 0 Å². The van der Waals surface area contributed by atoms with Gasteiger partial charge in [-0.15, -0.1) is 0 Å². The monoisotopic (exact) mass is 259 g/mol. The van der Waals surface area contributed by atoms with E-state index in [1.807, 2.05) is 0 Å². The van der Waals surface area contributed by atoms with Gasteiger partial charge in [-0.05, 0) is 42.9 Å². The van der Waals surface area contributed by atoms with Crippen LogP contribution in [0.3, 0.4) is 0 Å². The summed E-state index contributed by atoms with van der Waals surface area (Å²) in [6.07, 6.45) is 9.68. The lowest BCUT2D eigenvalue weighted by Gasteiger charge is -2.21. The maximum atomic E-state index is 3.67. The minimum absolute atomic E-state index is 0.553. The Labute approximate surface area is 118 Å². The molecular weight excluding hydrogens is 230 g/mol. The van der Waals surface area contributed by atoms with Crippen LogP contribution in [0.25, 0.3) is 0 Å². The van der Waals surface area contributed by atoms with E-state index in [2.05, 4.69) is 43.4 Å².